The molecule has 39 heavy (non-hydrogen) atoms. The number of nitrogens with zero attached hydrogens (tertiary/aromatic N) is 1. The van der Waals surface area contributed by atoms with E-state index in [2.05, 4.69) is 6.07 Å². The van der Waals surface area contributed by atoms with Crippen LogP contribution in [-0.4, -0.2) is 38.2 Å². The molecule has 5 rings (SSSR count). The van der Waals surface area contributed by atoms with Crippen LogP contribution in [0.3, 0.4) is 0 Å². The summed E-state index contributed by atoms with van der Waals surface area (Å²) >= 11 is 0. The van der Waals surface area contributed by atoms with Crippen LogP contribution in [0.1, 0.15) is 62.0 Å². The number of carboxylic acid groups (broad SMARTS) is 1. The molecule has 0 fully saturated rings. The van der Waals surface area contributed by atoms with E-state index in [-0.39, 0.29) is 4.90 Å². The summed E-state index contributed by atoms with van der Waals surface area (Å²) in [5, 5.41) is 10.5. The van der Waals surface area contributed by atoms with Crippen molar-refractivity contribution in [1.29, 1.82) is 0 Å². The molecule has 2 aliphatic rings. The smallest absolute Gasteiger partial charge is 0.337 e. The fourth-order valence-electron chi connectivity index (χ4n) is 5.61. The number of aryl methyl sites for hydroxylation is 2. The number of hydrogen-bond acceptors (Lipinski definition) is 5. The summed E-state index contributed by atoms with van der Waals surface area (Å²) in [5.41, 5.74) is 4.53. The van der Waals surface area contributed by atoms with E-state index in [1.165, 1.54) is 4.31 Å². The van der Waals surface area contributed by atoms with Crippen molar-refractivity contribution in [3.8, 4) is 16.9 Å². The van der Waals surface area contributed by atoms with E-state index in [1.807, 2.05) is 45.9 Å². The van der Waals surface area contributed by atoms with Gasteiger partial charge in [0.05, 0.1) is 22.8 Å². The Hall–Kier alpha value is -3.36. The normalized spacial score (nSPS) is 16.2. The van der Waals surface area contributed by atoms with Crippen molar-refractivity contribution in [2.75, 3.05) is 17.5 Å². The second kappa shape index (κ2) is 10.3. The SMILES string of the molecule is Cc1cc2c(c(C(OC(C)(C)C)C(=O)O)c1-c1ccc3c(c1)CCCO3)CCCN2S(=O)(=O)c1ccccc1. The third kappa shape index (κ3) is 5.28. The first-order chi connectivity index (χ1) is 18.5. The highest BCUT2D eigenvalue weighted by Gasteiger charge is 2.37. The van der Waals surface area contributed by atoms with Gasteiger partial charge in [-0.2, -0.15) is 0 Å². The number of rotatable bonds is 6. The number of sulfonamides is 1. The third-order valence-electron chi connectivity index (χ3n) is 7.19. The summed E-state index contributed by atoms with van der Waals surface area (Å²) in [6, 6.07) is 16.2. The number of fused-ring (bicyclic) bond motifs is 2. The molecule has 1 atom stereocenters. The van der Waals surface area contributed by atoms with Gasteiger partial charge in [-0.3, -0.25) is 4.31 Å². The topological polar surface area (TPSA) is 93.1 Å². The highest BCUT2D eigenvalue weighted by molar-refractivity contribution is 7.92. The zero-order chi connectivity index (χ0) is 27.9. The van der Waals surface area contributed by atoms with Gasteiger partial charge in [-0.15, -0.1) is 0 Å². The monoisotopic (exact) mass is 549 g/mol. The predicted molar refractivity (Wildman–Crippen MR) is 151 cm³/mol. The van der Waals surface area contributed by atoms with Crippen LogP contribution in [0.2, 0.25) is 0 Å². The van der Waals surface area contributed by atoms with Crippen molar-refractivity contribution >= 4 is 21.7 Å². The fourth-order valence-corrected chi connectivity index (χ4v) is 7.16. The maximum absolute atomic E-state index is 13.8. The molecule has 1 N–H and O–H groups in total. The first-order valence-electron chi connectivity index (χ1n) is 13.4. The Balaban J connectivity index is 1.77. The second-order valence-electron chi connectivity index (χ2n) is 11.2. The first kappa shape index (κ1) is 27.2. The molecule has 3 aromatic carbocycles. The largest absolute Gasteiger partial charge is 0.493 e. The van der Waals surface area contributed by atoms with Gasteiger partial charge in [0.2, 0.25) is 0 Å². The van der Waals surface area contributed by atoms with Gasteiger partial charge in [0.1, 0.15) is 5.75 Å². The van der Waals surface area contributed by atoms with Gasteiger partial charge >= 0.3 is 5.97 Å². The molecule has 7 nitrogen and oxygen atoms in total. The van der Waals surface area contributed by atoms with E-state index in [4.69, 9.17) is 9.47 Å². The van der Waals surface area contributed by atoms with Gasteiger partial charge in [-0.05, 0) is 112 Å². The number of aliphatic carboxylic acids is 1. The number of carboxylic acids is 1. The minimum Gasteiger partial charge on any atom is -0.493 e. The Morgan fingerprint density at radius 3 is 2.49 bits per heavy atom. The van der Waals surface area contributed by atoms with Crippen molar-refractivity contribution < 1.29 is 27.8 Å². The summed E-state index contributed by atoms with van der Waals surface area (Å²) in [5.74, 6) is -0.258. The van der Waals surface area contributed by atoms with Gasteiger partial charge < -0.3 is 14.6 Å². The van der Waals surface area contributed by atoms with Crippen molar-refractivity contribution in [2.24, 2.45) is 0 Å². The van der Waals surface area contributed by atoms with Gasteiger partial charge in [0.15, 0.2) is 6.10 Å². The zero-order valence-corrected chi connectivity index (χ0v) is 23.7. The van der Waals surface area contributed by atoms with Crippen LogP contribution in [0, 0.1) is 6.92 Å². The molecule has 2 heterocycles. The maximum Gasteiger partial charge on any atom is 0.337 e. The molecule has 3 aromatic rings. The molecule has 0 saturated carbocycles. The van der Waals surface area contributed by atoms with Crippen molar-refractivity contribution in [3.05, 3.63) is 76.9 Å². The molecule has 0 radical (unpaired) electrons. The van der Waals surface area contributed by atoms with Crippen LogP contribution < -0.4 is 9.04 Å². The molecular formula is C31H35NO6S. The van der Waals surface area contributed by atoms with Crippen molar-refractivity contribution in [2.45, 2.75) is 70.0 Å². The molecule has 1 unspecified atom stereocenters. The Morgan fingerprint density at radius 2 is 1.79 bits per heavy atom. The minimum absolute atomic E-state index is 0.205. The lowest BCUT2D eigenvalue weighted by Gasteiger charge is -2.36. The fraction of sp³-hybridized carbons (Fsp3) is 0.387. The minimum atomic E-state index is -3.85. The summed E-state index contributed by atoms with van der Waals surface area (Å²) in [4.78, 5) is 13.0. The van der Waals surface area contributed by atoms with Crippen molar-refractivity contribution in [3.63, 3.8) is 0 Å². The molecule has 2 aliphatic heterocycles. The lowest BCUT2D eigenvalue weighted by atomic mass is 9.83. The molecule has 206 valence electrons. The van der Waals surface area contributed by atoms with Crippen LogP contribution in [0.5, 0.6) is 5.75 Å². The lowest BCUT2D eigenvalue weighted by Crippen LogP contribution is -2.37. The Labute approximate surface area is 230 Å². The molecule has 0 saturated heterocycles. The average Bonchev–Trinajstić information content (AvgIpc) is 2.90. The molecule has 0 aliphatic carbocycles. The Kier molecular flexibility index (Phi) is 7.20. The molecule has 8 heteroatoms. The molecule has 0 spiro atoms. The van der Waals surface area contributed by atoms with Crippen molar-refractivity contribution in [1.82, 2.24) is 0 Å². The van der Waals surface area contributed by atoms with Gasteiger partial charge in [-0.1, -0.05) is 24.3 Å². The van der Waals surface area contributed by atoms with Gasteiger partial charge in [0.25, 0.3) is 10.0 Å². The third-order valence-corrected chi connectivity index (χ3v) is 9.02. The molecular weight excluding hydrogens is 514 g/mol. The average molecular weight is 550 g/mol. The molecule has 0 bridgehead atoms. The van der Waals surface area contributed by atoms with E-state index < -0.39 is 27.7 Å². The standard InChI is InChI=1S/C31H35NO6S/c1-20-18-25-24(13-8-16-32(25)39(35,36)23-11-6-5-7-12-23)28(29(30(33)34)38-31(2,3)4)27(20)22-14-15-26-21(19-22)10-9-17-37-26/h5-7,11-12,14-15,18-19,29H,8-10,13,16-17H2,1-4H3,(H,33,34). The van der Waals surface area contributed by atoms with E-state index in [0.717, 1.165) is 40.8 Å². The van der Waals surface area contributed by atoms with Crippen LogP contribution in [0.25, 0.3) is 11.1 Å². The Bertz CT molecular complexity index is 1510. The van der Waals surface area contributed by atoms with Crippen LogP contribution in [-0.2, 0) is 32.4 Å². The number of hydrogen-bond donors (Lipinski definition) is 1. The summed E-state index contributed by atoms with van der Waals surface area (Å²) < 4.78 is 41.0. The maximum atomic E-state index is 13.8. The van der Waals surface area contributed by atoms with Crippen LogP contribution in [0.15, 0.2) is 59.5 Å². The summed E-state index contributed by atoms with van der Waals surface area (Å²) in [7, 11) is -3.85. The Morgan fingerprint density at radius 1 is 1.05 bits per heavy atom. The predicted octanol–water partition coefficient (Wildman–Crippen LogP) is 6.07. The molecule has 0 aromatic heterocycles. The summed E-state index contributed by atoms with van der Waals surface area (Å²) in [6.45, 7) is 8.39. The number of ether oxygens (including phenoxy) is 2. The van der Waals surface area contributed by atoms with E-state index in [9.17, 15) is 18.3 Å². The number of anilines is 1. The number of carbonyl (C=O) groups is 1. The second-order valence-corrected chi connectivity index (χ2v) is 13.1. The number of benzene rings is 3. The molecule has 0 amide bonds. The van der Waals surface area contributed by atoms with Gasteiger partial charge in [-0.25, -0.2) is 13.2 Å². The van der Waals surface area contributed by atoms with Gasteiger partial charge in [0, 0.05) is 12.1 Å². The van der Waals surface area contributed by atoms with Crippen LogP contribution in [0.4, 0.5) is 5.69 Å². The van der Waals surface area contributed by atoms with E-state index >= 15 is 0 Å². The van der Waals surface area contributed by atoms with E-state index in [1.54, 1.807) is 30.3 Å². The zero-order valence-electron chi connectivity index (χ0n) is 22.9. The lowest BCUT2D eigenvalue weighted by molar-refractivity contribution is -0.160. The highest BCUT2D eigenvalue weighted by atomic mass is 32.2. The quantitative estimate of drug-likeness (QED) is 0.401. The van der Waals surface area contributed by atoms with Crippen LogP contribution >= 0.6 is 0 Å². The highest BCUT2D eigenvalue weighted by Crippen LogP contribution is 2.46. The first-order valence-corrected chi connectivity index (χ1v) is 14.8. The summed E-state index contributed by atoms with van der Waals surface area (Å²) in [6.07, 6.45) is 1.63. The van der Waals surface area contributed by atoms with E-state index in [0.29, 0.717) is 42.8 Å².